The first-order valence-corrected chi connectivity index (χ1v) is 19.1. The molecule has 4 bridgehead atoms. The molecular weight excluding hydrogens is 636 g/mol. The van der Waals surface area contributed by atoms with Gasteiger partial charge < -0.3 is 27.4 Å². The van der Waals surface area contributed by atoms with Crippen LogP contribution in [0.2, 0.25) is 0 Å². The number of hydrogen-bond acceptors (Lipinski definition) is 10. The van der Waals surface area contributed by atoms with Crippen LogP contribution in [0.3, 0.4) is 0 Å². The summed E-state index contributed by atoms with van der Waals surface area (Å²) in [6, 6.07) is 18.4. The van der Waals surface area contributed by atoms with Gasteiger partial charge in [0.15, 0.2) is 0 Å². The number of piperidine rings is 2. The molecule has 0 aliphatic carbocycles. The molecule has 5 aliphatic heterocycles. The first-order valence-electron chi connectivity index (χ1n) is 15.9. The molecule has 2 aromatic carbocycles. The van der Waals surface area contributed by atoms with Crippen LogP contribution in [0.5, 0.6) is 0 Å². The first kappa shape index (κ1) is 39.0. The Morgan fingerprint density at radius 1 is 0.800 bits per heavy atom. The van der Waals surface area contributed by atoms with E-state index in [1.165, 1.54) is 56.3 Å². The third-order valence-electron chi connectivity index (χ3n) is 9.32. The average molecular weight is 689 g/mol. The zero-order valence-corrected chi connectivity index (χ0v) is 32.0. The van der Waals surface area contributed by atoms with E-state index in [1.54, 1.807) is 0 Å². The number of rotatable bonds is 4. The quantitative estimate of drug-likeness (QED) is 0.193. The Kier molecular flexibility index (Phi) is 16.4. The number of nitrogen functional groups attached to an aromatic ring is 2. The summed E-state index contributed by atoms with van der Waals surface area (Å²) in [7, 11) is 1.14. The van der Waals surface area contributed by atoms with Crippen LogP contribution in [-0.2, 0) is 19.0 Å². The number of thiol groups is 1. The molecule has 7 rings (SSSR count). The molecule has 4 atom stereocenters. The zero-order valence-electron chi connectivity index (χ0n) is 28.5. The van der Waals surface area contributed by atoms with Crippen molar-refractivity contribution in [1.82, 2.24) is 9.80 Å². The fraction of sp³-hybridized carbons (Fsp3) is 0.636. The Labute approximate surface area is 305 Å². The van der Waals surface area contributed by atoms with Gasteiger partial charge >= 0.3 is 29.6 Å². The SMILES string of the molecule is C1CCOC1.CN1C2CCC1CC(OS(C)(=O)=O)C2.CN1C2CCC1CC(Sc1ccc(N)cc1)C2.Nc1ccc(S)cc1.[H-].[Na+]. The molecule has 248 valence electrons. The molecule has 12 heteroatoms. The van der Waals surface area contributed by atoms with E-state index in [4.69, 9.17) is 20.4 Å². The maximum Gasteiger partial charge on any atom is 1.00 e. The molecule has 5 fully saturated rings. The molecule has 8 nitrogen and oxygen atoms in total. The van der Waals surface area contributed by atoms with Crippen molar-refractivity contribution in [3.05, 3.63) is 48.5 Å². The number of nitrogens with two attached hydrogens (primary N) is 2. The zero-order chi connectivity index (χ0) is 31.7. The second-order valence-corrected chi connectivity index (χ2v) is 16.2. The smallest absolute Gasteiger partial charge is 1.00 e. The molecule has 0 amide bonds. The average Bonchev–Trinajstić information content (AvgIpc) is 3.66. The molecule has 0 aromatic heterocycles. The van der Waals surface area contributed by atoms with Crippen LogP contribution in [-0.4, -0.2) is 87.3 Å². The van der Waals surface area contributed by atoms with Crippen LogP contribution in [0.4, 0.5) is 11.4 Å². The minimum atomic E-state index is -3.28. The van der Waals surface area contributed by atoms with E-state index in [9.17, 15) is 8.42 Å². The molecule has 0 spiro atoms. The Morgan fingerprint density at radius 2 is 1.22 bits per heavy atom. The fourth-order valence-corrected chi connectivity index (χ4v) is 8.98. The summed E-state index contributed by atoms with van der Waals surface area (Å²) in [5, 5.41) is 0.798. The summed E-state index contributed by atoms with van der Waals surface area (Å²) in [5.41, 5.74) is 12.7. The van der Waals surface area contributed by atoms with Crippen molar-refractivity contribution in [3.63, 3.8) is 0 Å². The van der Waals surface area contributed by atoms with Crippen LogP contribution in [0.1, 0.15) is 65.6 Å². The Morgan fingerprint density at radius 3 is 1.60 bits per heavy atom. The Hall–Kier alpha value is -0.470. The predicted octanol–water partition coefficient (Wildman–Crippen LogP) is 3.04. The van der Waals surface area contributed by atoms with E-state index < -0.39 is 10.1 Å². The summed E-state index contributed by atoms with van der Waals surface area (Å²) in [5.74, 6) is 0. The summed E-state index contributed by atoms with van der Waals surface area (Å²) < 4.78 is 32.0. The second-order valence-electron chi connectivity index (χ2n) is 12.7. The van der Waals surface area contributed by atoms with Gasteiger partial charge in [-0.25, -0.2) is 0 Å². The molecule has 5 saturated heterocycles. The van der Waals surface area contributed by atoms with Crippen molar-refractivity contribution in [3.8, 4) is 0 Å². The summed E-state index contributed by atoms with van der Waals surface area (Å²) in [6.45, 7) is 2.00. The van der Waals surface area contributed by atoms with E-state index in [2.05, 4.69) is 48.7 Å². The number of benzene rings is 2. The standard InChI is InChI=1S/C14H20N2S.C9H17NO3S.C6H7NS.C4H8O.Na.H/c1-16-11-4-5-12(16)9-14(8-11)17-13-6-2-10(15)3-7-13;1-10-7-3-4-8(10)6-9(5-7)13-14(2,11)12;7-5-1-3-6(8)4-2-5;1-2-4-5-3-1;;/h2-3,6-7,11-12,14H,4-5,8-9,15H2,1H3;7-9H,3-6H2,1-2H3;1-4,8H,7H2;1-4H2;;/q;;;;+1;-1. The second kappa shape index (κ2) is 18.9. The van der Waals surface area contributed by atoms with Crippen LogP contribution in [0.15, 0.2) is 58.3 Å². The van der Waals surface area contributed by atoms with Crippen molar-refractivity contribution < 1.29 is 48.3 Å². The van der Waals surface area contributed by atoms with Crippen molar-refractivity contribution in [2.24, 2.45) is 0 Å². The third kappa shape index (κ3) is 13.2. The minimum Gasteiger partial charge on any atom is -1.00 e. The van der Waals surface area contributed by atoms with Crippen molar-refractivity contribution >= 4 is 45.9 Å². The Balaban J connectivity index is 0.000000228. The molecule has 45 heavy (non-hydrogen) atoms. The van der Waals surface area contributed by atoms with Crippen LogP contribution >= 0.6 is 24.4 Å². The van der Waals surface area contributed by atoms with Gasteiger partial charge in [-0.1, -0.05) is 0 Å². The number of ether oxygens (including phenoxy) is 1. The molecular formula is C33H53N4NaO4S3. The largest absolute Gasteiger partial charge is 1.00 e. The van der Waals surface area contributed by atoms with Gasteiger partial charge in [0, 0.05) is 63.8 Å². The van der Waals surface area contributed by atoms with Gasteiger partial charge in [-0.2, -0.15) is 8.42 Å². The third-order valence-corrected chi connectivity index (χ3v) is 11.5. The van der Waals surface area contributed by atoms with Crippen molar-refractivity contribution in [2.75, 3.05) is 45.0 Å². The van der Waals surface area contributed by atoms with Gasteiger partial charge in [-0.3, -0.25) is 4.18 Å². The molecule has 4 unspecified atom stereocenters. The van der Waals surface area contributed by atoms with Crippen LogP contribution < -0.4 is 41.0 Å². The van der Waals surface area contributed by atoms with Gasteiger partial charge in [0.25, 0.3) is 10.1 Å². The summed E-state index contributed by atoms with van der Waals surface area (Å²) in [4.78, 5) is 7.27. The van der Waals surface area contributed by atoms with E-state index in [1.807, 2.05) is 48.2 Å². The molecule has 2 aromatic rings. The van der Waals surface area contributed by atoms with Crippen LogP contribution in [0, 0.1) is 0 Å². The molecule has 5 aliphatic rings. The molecule has 0 radical (unpaired) electrons. The van der Waals surface area contributed by atoms with E-state index >= 15 is 0 Å². The predicted molar refractivity (Wildman–Crippen MR) is 187 cm³/mol. The van der Waals surface area contributed by atoms with Gasteiger partial charge in [0.1, 0.15) is 0 Å². The minimum absolute atomic E-state index is 0. The van der Waals surface area contributed by atoms with Crippen molar-refractivity contribution in [1.29, 1.82) is 0 Å². The van der Waals surface area contributed by atoms with Gasteiger partial charge in [0.05, 0.1) is 12.4 Å². The summed E-state index contributed by atoms with van der Waals surface area (Å²) in [6.07, 6.45) is 13.2. The van der Waals surface area contributed by atoms with Gasteiger partial charge in [0.2, 0.25) is 0 Å². The fourth-order valence-electron chi connectivity index (χ4n) is 6.87. The van der Waals surface area contributed by atoms with Gasteiger partial charge in [-0.05, 0) is 127 Å². The van der Waals surface area contributed by atoms with Crippen molar-refractivity contribution in [2.45, 2.75) is 110 Å². The van der Waals surface area contributed by atoms with E-state index in [-0.39, 0.29) is 37.1 Å². The molecule has 4 N–H and O–H groups in total. The Bertz CT molecular complexity index is 1200. The summed E-state index contributed by atoms with van der Waals surface area (Å²) >= 11 is 6.12. The maximum atomic E-state index is 11.0. The number of anilines is 2. The first-order chi connectivity index (χ1) is 21.0. The van der Waals surface area contributed by atoms with Crippen LogP contribution in [0.25, 0.3) is 0 Å². The van der Waals surface area contributed by atoms with Gasteiger partial charge in [-0.15, -0.1) is 24.4 Å². The number of hydrogen-bond donors (Lipinski definition) is 3. The monoisotopic (exact) mass is 688 g/mol. The topological polar surface area (TPSA) is 111 Å². The normalized spacial score (nSPS) is 28.8. The maximum absolute atomic E-state index is 11.0. The van der Waals surface area contributed by atoms with E-state index in [0.29, 0.717) is 12.1 Å². The molecule has 0 saturated carbocycles. The number of thioether (sulfide) groups is 1. The van der Waals surface area contributed by atoms with E-state index in [0.717, 1.165) is 65.9 Å². The number of fused-ring (bicyclic) bond motifs is 4. The molecule has 5 heterocycles. The number of nitrogens with zero attached hydrogens (tertiary/aromatic N) is 2.